The summed E-state index contributed by atoms with van der Waals surface area (Å²) in [7, 11) is 0. The van der Waals surface area contributed by atoms with Gasteiger partial charge in [-0.1, -0.05) is 0 Å². The van der Waals surface area contributed by atoms with Crippen molar-refractivity contribution in [2.45, 2.75) is 12.5 Å². The third-order valence-corrected chi connectivity index (χ3v) is 4.46. The number of fused-ring (bicyclic) bond motifs is 2. The van der Waals surface area contributed by atoms with Crippen LogP contribution in [0.3, 0.4) is 0 Å². The first-order chi connectivity index (χ1) is 10.3. The van der Waals surface area contributed by atoms with Crippen LogP contribution in [0.15, 0.2) is 29.9 Å². The van der Waals surface area contributed by atoms with E-state index < -0.39 is 0 Å². The molecule has 1 aliphatic rings. The first kappa shape index (κ1) is 12.7. The lowest BCUT2D eigenvalue weighted by Gasteiger charge is -2.11. The van der Waals surface area contributed by atoms with Gasteiger partial charge in [0.15, 0.2) is 0 Å². The number of hydrogen-bond acceptors (Lipinski definition) is 5. The largest absolute Gasteiger partial charge is 0.488 e. The van der Waals surface area contributed by atoms with E-state index in [1.807, 2.05) is 11.4 Å². The second-order valence-electron chi connectivity index (χ2n) is 4.98. The molecule has 0 saturated carbocycles. The molecule has 4 rings (SSSR count). The van der Waals surface area contributed by atoms with Gasteiger partial charge in [-0.15, -0.1) is 11.3 Å². The molecule has 0 fully saturated rings. The summed E-state index contributed by atoms with van der Waals surface area (Å²) in [4.78, 5) is 9.44. The minimum atomic E-state index is -0.285. The molecule has 0 unspecified atom stereocenters. The Morgan fingerprint density at radius 1 is 1.38 bits per heavy atom. The molecule has 1 atom stereocenters. The van der Waals surface area contributed by atoms with Gasteiger partial charge in [0.25, 0.3) is 0 Å². The molecular weight excluding hydrogens is 289 g/mol. The molecule has 3 heterocycles. The van der Waals surface area contributed by atoms with Gasteiger partial charge in [0.1, 0.15) is 28.8 Å². The highest BCUT2D eigenvalue weighted by Gasteiger charge is 2.27. The topological polar surface area (TPSA) is 61.0 Å². The molecule has 0 aliphatic carbocycles. The normalized spacial score (nSPS) is 17.0. The molecule has 4 nitrogen and oxygen atoms in total. The molecule has 1 aromatic carbocycles. The third-order valence-electron chi connectivity index (χ3n) is 3.64. The van der Waals surface area contributed by atoms with Crippen LogP contribution in [0.5, 0.6) is 5.75 Å². The maximum atomic E-state index is 13.9. The quantitative estimate of drug-likeness (QED) is 0.790. The van der Waals surface area contributed by atoms with Gasteiger partial charge in [-0.25, -0.2) is 14.4 Å². The molecule has 0 radical (unpaired) electrons. The zero-order chi connectivity index (χ0) is 14.4. The summed E-state index contributed by atoms with van der Waals surface area (Å²) in [5, 5.41) is 2.86. The summed E-state index contributed by atoms with van der Waals surface area (Å²) >= 11 is 1.53. The van der Waals surface area contributed by atoms with Crippen molar-refractivity contribution < 1.29 is 9.13 Å². The first-order valence-electron chi connectivity index (χ1n) is 6.64. The van der Waals surface area contributed by atoms with Crippen LogP contribution in [0, 0.1) is 5.82 Å². The number of thiophene rings is 1. The second-order valence-corrected chi connectivity index (χ2v) is 5.88. The molecule has 1 aliphatic heterocycles. The highest BCUT2D eigenvalue weighted by molar-refractivity contribution is 7.16. The van der Waals surface area contributed by atoms with Crippen molar-refractivity contribution in [3.63, 3.8) is 0 Å². The first-order valence-corrected chi connectivity index (χ1v) is 7.52. The van der Waals surface area contributed by atoms with Crippen LogP contribution in [0.4, 0.5) is 4.39 Å². The minimum Gasteiger partial charge on any atom is -0.488 e. The van der Waals surface area contributed by atoms with Crippen molar-refractivity contribution in [3.8, 4) is 17.0 Å². The lowest BCUT2D eigenvalue weighted by Crippen LogP contribution is -2.24. The van der Waals surface area contributed by atoms with Crippen LogP contribution >= 0.6 is 11.3 Å². The SMILES string of the molecule is NC[C@H]1Cc2cc(F)cc(-c3ncnc4sccc34)c2O1. The number of aromatic nitrogens is 2. The van der Waals surface area contributed by atoms with Crippen LogP contribution in [0.25, 0.3) is 21.5 Å². The Morgan fingerprint density at radius 3 is 3.14 bits per heavy atom. The van der Waals surface area contributed by atoms with E-state index in [1.54, 1.807) is 0 Å². The maximum Gasteiger partial charge on any atom is 0.132 e. The number of ether oxygens (including phenoxy) is 1. The molecule has 0 amide bonds. The Bertz CT molecular complexity index is 833. The molecular formula is C15H12FN3OS. The van der Waals surface area contributed by atoms with Gasteiger partial charge < -0.3 is 10.5 Å². The van der Waals surface area contributed by atoms with Gasteiger partial charge >= 0.3 is 0 Å². The van der Waals surface area contributed by atoms with Crippen molar-refractivity contribution in [2.24, 2.45) is 5.73 Å². The Balaban J connectivity index is 1.96. The van der Waals surface area contributed by atoms with Crippen LogP contribution in [0.2, 0.25) is 0 Å². The van der Waals surface area contributed by atoms with Crippen molar-refractivity contribution >= 4 is 21.6 Å². The van der Waals surface area contributed by atoms with Gasteiger partial charge in [0.05, 0.1) is 5.69 Å². The summed E-state index contributed by atoms with van der Waals surface area (Å²) in [5.74, 6) is 0.407. The summed E-state index contributed by atoms with van der Waals surface area (Å²) in [6.45, 7) is 0.410. The third kappa shape index (κ3) is 1.99. The molecule has 106 valence electrons. The molecule has 6 heteroatoms. The molecule has 0 bridgehead atoms. The molecule has 0 saturated heterocycles. The lowest BCUT2D eigenvalue weighted by atomic mass is 10.0. The number of halogens is 1. The van der Waals surface area contributed by atoms with Crippen LogP contribution in [0.1, 0.15) is 5.56 Å². The fraction of sp³-hybridized carbons (Fsp3) is 0.200. The van der Waals surface area contributed by atoms with Crippen molar-refractivity contribution in [3.05, 3.63) is 41.3 Å². The fourth-order valence-electron chi connectivity index (χ4n) is 2.71. The lowest BCUT2D eigenvalue weighted by molar-refractivity contribution is 0.242. The maximum absolute atomic E-state index is 13.9. The van der Waals surface area contributed by atoms with E-state index in [0.717, 1.165) is 15.8 Å². The summed E-state index contributed by atoms with van der Waals surface area (Å²) in [6.07, 6.45) is 2.04. The highest BCUT2D eigenvalue weighted by atomic mass is 32.1. The standard InChI is InChI=1S/C15H12FN3OS/c16-9-3-8-4-10(6-17)20-14(8)12(5-9)13-11-1-2-21-15(11)19-7-18-13/h1-3,5,7,10H,4,6,17H2/t10-/m1/s1. The molecule has 21 heavy (non-hydrogen) atoms. The summed E-state index contributed by atoms with van der Waals surface area (Å²) in [5.41, 5.74) is 7.90. The predicted octanol–water partition coefficient (Wildman–Crippen LogP) is 2.76. The predicted molar refractivity (Wildman–Crippen MR) is 80.0 cm³/mol. The van der Waals surface area contributed by atoms with Gasteiger partial charge in [-0.3, -0.25) is 0 Å². The van der Waals surface area contributed by atoms with E-state index in [9.17, 15) is 4.39 Å². The Kier molecular flexibility index (Phi) is 2.87. The van der Waals surface area contributed by atoms with E-state index in [1.165, 1.54) is 29.8 Å². The fourth-order valence-corrected chi connectivity index (χ4v) is 3.44. The zero-order valence-electron chi connectivity index (χ0n) is 11.0. The van der Waals surface area contributed by atoms with E-state index in [4.69, 9.17) is 10.5 Å². The molecule has 2 aromatic heterocycles. The monoisotopic (exact) mass is 301 g/mol. The highest BCUT2D eigenvalue weighted by Crippen LogP contribution is 2.41. The van der Waals surface area contributed by atoms with E-state index in [-0.39, 0.29) is 11.9 Å². The van der Waals surface area contributed by atoms with Crippen LogP contribution in [-0.2, 0) is 6.42 Å². The number of nitrogens with two attached hydrogens (primary N) is 1. The second kappa shape index (κ2) is 4.75. The van der Waals surface area contributed by atoms with Gasteiger partial charge in [0.2, 0.25) is 0 Å². The van der Waals surface area contributed by atoms with Crippen molar-refractivity contribution in [2.75, 3.05) is 6.54 Å². The Hall–Kier alpha value is -2.05. The molecule has 3 aromatic rings. The Labute approximate surface area is 124 Å². The van der Waals surface area contributed by atoms with Gasteiger partial charge in [-0.2, -0.15) is 0 Å². The molecule has 2 N–H and O–H groups in total. The van der Waals surface area contributed by atoms with Gasteiger partial charge in [-0.05, 0) is 23.6 Å². The number of benzene rings is 1. The van der Waals surface area contributed by atoms with Gasteiger partial charge in [0, 0.05) is 29.5 Å². The average Bonchev–Trinajstić information content (AvgIpc) is 3.11. The summed E-state index contributed by atoms with van der Waals surface area (Å²) < 4.78 is 19.8. The van der Waals surface area contributed by atoms with Crippen LogP contribution < -0.4 is 10.5 Å². The number of hydrogen-bond donors (Lipinski definition) is 1. The van der Waals surface area contributed by atoms with Crippen molar-refractivity contribution in [1.82, 2.24) is 9.97 Å². The minimum absolute atomic E-state index is 0.0969. The summed E-state index contributed by atoms with van der Waals surface area (Å²) in [6, 6.07) is 4.93. The Morgan fingerprint density at radius 2 is 2.29 bits per heavy atom. The van der Waals surface area contributed by atoms with Crippen LogP contribution in [-0.4, -0.2) is 22.6 Å². The number of nitrogens with zero attached hydrogens (tertiary/aromatic N) is 2. The zero-order valence-corrected chi connectivity index (χ0v) is 11.9. The van der Waals surface area contributed by atoms with E-state index in [0.29, 0.717) is 30.0 Å². The van der Waals surface area contributed by atoms with E-state index >= 15 is 0 Å². The average molecular weight is 301 g/mol. The smallest absolute Gasteiger partial charge is 0.132 e. The molecule has 0 spiro atoms. The van der Waals surface area contributed by atoms with E-state index in [2.05, 4.69) is 9.97 Å². The van der Waals surface area contributed by atoms with Crippen molar-refractivity contribution in [1.29, 1.82) is 0 Å². The number of rotatable bonds is 2.